The van der Waals surface area contributed by atoms with Crippen LogP contribution in [0.25, 0.3) is 0 Å². The number of allylic oxidation sites excluding steroid dienone is 2. The van der Waals surface area contributed by atoms with Crippen molar-refractivity contribution in [3.8, 4) is 0 Å². The number of carbonyl (C=O) groups excluding carboxylic acids is 2. The molecular weight excluding hydrogens is 548 g/mol. The van der Waals surface area contributed by atoms with Gasteiger partial charge >= 0.3 is 0 Å². The Hall–Kier alpha value is -3.06. The van der Waals surface area contributed by atoms with Crippen LogP contribution in [0.1, 0.15) is 60.3 Å². The molecule has 10 nitrogen and oxygen atoms in total. The number of aromatic nitrogens is 2. The monoisotopic (exact) mass is 588 g/mol. The predicted octanol–water partition coefficient (Wildman–Crippen LogP) is 4.10. The van der Waals surface area contributed by atoms with Crippen LogP contribution in [-0.4, -0.2) is 56.0 Å². The number of pyridine rings is 2. The Morgan fingerprint density at radius 1 is 0.775 bits per heavy atom. The Kier molecular flexibility index (Phi) is 13.0. The average molecular weight is 589 g/mol. The van der Waals surface area contributed by atoms with Crippen LogP contribution in [0.2, 0.25) is 0 Å². The summed E-state index contributed by atoms with van der Waals surface area (Å²) in [6.45, 7) is 11.5. The average Bonchev–Trinajstić information content (AvgIpc) is 2.89. The van der Waals surface area contributed by atoms with Crippen LogP contribution in [0.15, 0.2) is 33.3 Å². The van der Waals surface area contributed by atoms with Crippen molar-refractivity contribution in [2.75, 3.05) is 24.7 Å². The molecule has 2 aromatic rings. The summed E-state index contributed by atoms with van der Waals surface area (Å²) >= 11 is 0. The number of nitrogen functional groups attached to an aromatic ring is 2. The summed E-state index contributed by atoms with van der Waals surface area (Å²) in [4.78, 5) is 37.5. The Morgan fingerprint density at radius 3 is 1.40 bits per heavy atom. The second-order valence-electron chi connectivity index (χ2n) is 9.49. The summed E-state index contributed by atoms with van der Waals surface area (Å²) in [5.74, 6) is 0.751. The second kappa shape index (κ2) is 15.7. The van der Waals surface area contributed by atoms with Crippen LogP contribution < -0.4 is 11.5 Å². The van der Waals surface area contributed by atoms with Crippen molar-refractivity contribution in [3.05, 3.63) is 67.0 Å². The highest BCUT2D eigenvalue weighted by Gasteiger charge is 2.19. The molecule has 0 spiro atoms. The van der Waals surface area contributed by atoms with Crippen molar-refractivity contribution in [3.63, 3.8) is 0 Å². The molecule has 40 heavy (non-hydrogen) atoms. The summed E-state index contributed by atoms with van der Waals surface area (Å²) in [6.07, 6.45) is 2.12. The fourth-order valence-electron chi connectivity index (χ4n) is 4.20. The molecular formula is C28H40N6O4S2. The molecule has 0 fully saturated rings. The van der Waals surface area contributed by atoms with Gasteiger partial charge < -0.3 is 31.5 Å². The Bertz CT molecular complexity index is 1140. The van der Waals surface area contributed by atoms with Crippen molar-refractivity contribution in [1.82, 2.24) is 19.8 Å². The lowest BCUT2D eigenvalue weighted by Crippen LogP contribution is -2.22. The lowest BCUT2D eigenvalue weighted by atomic mass is 10.1. The van der Waals surface area contributed by atoms with E-state index >= 15 is 0 Å². The Labute approximate surface area is 244 Å². The van der Waals surface area contributed by atoms with Crippen LogP contribution in [0.5, 0.6) is 0 Å². The van der Waals surface area contributed by atoms with Gasteiger partial charge in [0.1, 0.15) is 11.6 Å². The molecule has 0 unspecified atom stereocenters. The zero-order valence-corrected chi connectivity index (χ0v) is 25.7. The first kappa shape index (κ1) is 33.1. The third kappa shape index (κ3) is 8.72. The van der Waals surface area contributed by atoms with Crippen molar-refractivity contribution in [2.45, 2.75) is 67.5 Å². The fraction of sp³-hybridized carbons (Fsp3) is 0.429. The zero-order valence-electron chi connectivity index (χ0n) is 24.0. The topological polar surface area (TPSA) is 159 Å². The number of anilines is 2. The molecule has 0 saturated carbocycles. The minimum atomic E-state index is -0.113. The van der Waals surface area contributed by atoms with Crippen molar-refractivity contribution in [2.24, 2.45) is 0 Å². The molecule has 0 bridgehead atoms. The summed E-state index contributed by atoms with van der Waals surface area (Å²) in [5, 5.41) is 19.5. The van der Waals surface area contributed by atoms with Gasteiger partial charge in [0.15, 0.2) is 0 Å². The first-order valence-corrected chi connectivity index (χ1v) is 15.0. The van der Waals surface area contributed by atoms with Crippen LogP contribution in [0.4, 0.5) is 11.6 Å². The van der Waals surface area contributed by atoms with Crippen LogP contribution in [-0.2, 0) is 22.7 Å². The van der Waals surface area contributed by atoms with Gasteiger partial charge in [0, 0.05) is 69.8 Å². The van der Waals surface area contributed by atoms with E-state index in [0.29, 0.717) is 35.9 Å². The van der Waals surface area contributed by atoms with Gasteiger partial charge in [-0.3, -0.25) is 9.59 Å². The SMILES string of the molecule is C/C(=C(\CCO)SS/C(CCO)=C(/C)N(C=O)Cc1c(C)cc(C)nc1N)N(C=O)Cc1c(C)cc(C)nc1N. The molecule has 2 heterocycles. The maximum Gasteiger partial charge on any atom is 0.214 e. The minimum Gasteiger partial charge on any atom is -0.396 e. The van der Waals surface area contributed by atoms with E-state index in [1.807, 2.05) is 53.7 Å². The first-order valence-electron chi connectivity index (χ1n) is 12.8. The Balaban J connectivity index is 2.36. The molecule has 2 rings (SSSR count). The predicted molar refractivity (Wildman–Crippen MR) is 163 cm³/mol. The second-order valence-corrected chi connectivity index (χ2v) is 11.8. The Morgan fingerprint density at radius 2 is 1.12 bits per heavy atom. The van der Waals surface area contributed by atoms with E-state index in [2.05, 4.69) is 9.97 Å². The van der Waals surface area contributed by atoms with E-state index in [1.54, 1.807) is 9.80 Å². The van der Waals surface area contributed by atoms with Gasteiger partial charge in [-0.25, -0.2) is 9.97 Å². The van der Waals surface area contributed by atoms with E-state index in [0.717, 1.165) is 56.3 Å². The summed E-state index contributed by atoms with van der Waals surface area (Å²) in [6, 6.07) is 3.84. The molecule has 6 N–H and O–H groups in total. The number of carbonyl (C=O) groups is 2. The normalized spacial score (nSPS) is 12.5. The third-order valence-electron chi connectivity index (χ3n) is 6.52. The molecule has 0 radical (unpaired) electrons. The highest BCUT2D eigenvalue weighted by Crippen LogP contribution is 2.43. The molecule has 0 aliphatic carbocycles. The van der Waals surface area contributed by atoms with E-state index in [-0.39, 0.29) is 26.3 Å². The molecule has 0 aliphatic heterocycles. The molecule has 12 heteroatoms. The largest absolute Gasteiger partial charge is 0.396 e. The number of hydrogen-bond donors (Lipinski definition) is 4. The lowest BCUT2D eigenvalue weighted by molar-refractivity contribution is -0.117. The minimum absolute atomic E-state index is 0.113. The van der Waals surface area contributed by atoms with Gasteiger partial charge in [-0.15, -0.1) is 0 Å². The number of aryl methyl sites for hydroxylation is 4. The number of rotatable bonds is 15. The quantitative estimate of drug-likeness (QED) is 0.176. The number of hydrogen-bond acceptors (Lipinski definition) is 10. The van der Waals surface area contributed by atoms with E-state index in [1.165, 1.54) is 21.6 Å². The van der Waals surface area contributed by atoms with Gasteiger partial charge in [-0.05, 0) is 64.8 Å². The van der Waals surface area contributed by atoms with Gasteiger partial charge in [0.05, 0.1) is 13.1 Å². The van der Waals surface area contributed by atoms with Gasteiger partial charge in [0.25, 0.3) is 0 Å². The molecule has 2 amide bonds. The molecule has 2 aromatic heterocycles. The van der Waals surface area contributed by atoms with Crippen molar-refractivity contribution in [1.29, 1.82) is 0 Å². The van der Waals surface area contributed by atoms with E-state index in [9.17, 15) is 19.8 Å². The number of nitrogens with zero attached hydrogens (tertiary/aromatic N) is 4. The molecule has 0 saturated heterocycles. The van der Waals surface area contributed by atoms with Crippen LogP contribution >= 0.6 is 21.6 Å². The maximum atomic E-state index is 12.1. The zero-order chi connectivity index (χ0) is 30.0. The van der Waals surface area contributed by atoms with E-state index in [4.69, 9.17) is 11.5 Å². The highest BCUT2D eigenvalue weighted by molar-refractivity contribution is 8.79. The smallest absolute Gasteiger partial charge is 0.214 e. The van der Waals surface area contributed by atoms with Gasteiger partial charge in [0.2, 0.25) is 12.8 Å². The fourth-order valence-corrected chi connectivity index (χ4v) is 7.05. The number of amides is 2. The summed E-state index contributed by atoms with van der Waals surface area (Å²) < 4.78 is 0. The molecule has 0 aromatic carbocycles. The van der Waals surface area contributed by atoms with E-state index < -0.39 is 0 Å². The molecule has 218 valence electrons. The highest BCUT2D eigenvalue weighted by atomic mass is 33.1. The van der Waals surface area contributed by atoms with Crippen molar-refractivity contribution >= 4 is 46.0 Å². The van der Waals surface area contributed by atoms with Gasteiger partial charge in [-0.2, -0.15) is 0 Å². The molecule has 0 atom stereocenters. The maximum absolute atomic E-state index is 12.1. The number of aliphatic hydroxyl groups is 2. The standard InChI is InChI=1S/C28H40N6O4S2/c1-17-11-19(3)31-27(29)23(17)13-33(15-37)21(5)25(7-9-35)39-40-26(8-10-36)22(6)34(16-38)14-24-18(2)12-20(4)32-28(24)30/h11-12,15-16,35-36H,7-10,13-14H2,1-6H3,(H2,29,31)(H2,30,32)/b25-21-,26-22-. The third-order valence-corrected chi connectivity index (χ3v) is 9.46. The number of nitrogens with two attached hydrogens (primary N) is 2. The summed E-state index contributed by atoms with van der Waals surface area (Å²) in [5.41, 5.74) is 18.6. The summed E-state index contributed by atoms with van der Waals surface area (Å²) in [7, 11) is 2.76. The lowest BCUT2D eigenvalue weighted by Gasteiger charge is -2.25. The van der Waals surface area contributed by atoms with Crippen molar-refractivity contribution < 1.29 is 19.8 Å². The number of aliphatic hydroxyl groups excluding tert-OH is 2. The molecule has 0 aliphatic rings. The van der Waals surface area contributed by atoms with Crippen LogP contribution in [0, 0.1) is 27.7 Å². The van der Waals surface area contributed by atoms with Crippen LogP contribution in [0.3, 0.4) is 0 Å². The first-order chi connectivity index (χ1) is 19.0. The van der Waals surface area contributed by atoms with Gasteiger partial charge in [-0.1, -0.05) is 21.6 Å².